The first-order valence-electron chi connectivity index (χ1n) is 16.9. The zero-order chi connectivity index (χ0) is 34.2. The Labute approximate surface area is 287 Å². The van der Waals surface area contributed by atoms with E-state index < -0.39 is 31.9 Å². The summed E-state index contributed by atoms with van der Waals surface area (Å²) < 4.78 is 13.9. The number of ether oxygens (including phenoxy) is 1. The average molecular weight is 657 g/mol. The lowest BCUT2D eigenvalue weighted by Gasteiger charge is -2.43. The smallest absolute Gasteiger partial charge is 0.261 e. The zero-order valence-corrected chi connectivity index (χ0v) is 29.8. The first-order chi connectivity index (χ1) is 23.1. The van der Waals surface area contributed by atoms with Crippen LogP contribution in [0.3, 0.4) is 0 Å². The molecule has 0 unspecified atom stereocenters. The summed E-state index contributed by atoms with van der Waals surface area (Å²) in [6.07, 6.45) is -1.02. The van der Waals surface area contributed by atoms with Gasteiger partial charge >= 0.3 is 0 Å². The SMILES string of the molecule is C[C@H](C(=O)[C@@H](C)CO[Si](c1ccccc1)(c1ccccc1)C(C)(C)C)[C@@H](O)COC(c1ccccc1)(c1ccccc1)c1ccccc1. The third-order valence-electron chi connectivity index (χ3n) is 9.49. The van der Waals surface area contributed by atoms with Crippen molar-refractivity contribution in [3.05, 3.63) is 168 Å². The Morgan fingerprint density at radius 2 is 0.958 bits per heavy atom. The molecule has 0 amide bonds. The van der Waals surface area contributed by atoms with E-state index in [0.29, 0.717) is 0 Å². The van der Waals surface area contributed by atoms with E-state index >= 15 is 0 Å². The molecule has 48 heavy (non-hydrogen) atoms. The van der Waals surface area contributed by atoms with Crippen LogP contribution >= 0.6 is 0 Å². The molecule has 4 nitrogen and oxygen atoms in total. The summed E-state index contributed by atoms with van der Waals surface area (Å²) in [5.74, 6) is -1.14. The van der Waals surface area contributed by atoms with Gasteiger partial charge in [-0.2, -0.15) is 0 Å². The predicted molar refractivity (Wildman–Crippen MR) is 198 cm³/mol. The summed E-state index contributed by atoms with van der Waals surface area (Å²) in [5.41, 5.74) is 1.85. The molecule has 0 fully saturated rings. The Balaban J connectivity index is 1.39. The molecule has 0 aliphatic carbocycles. The highest BCUT2D eigenvalue weighted by molar-refractivity contribution is 6.99. The third-order valence-corrected chi connectivity index (χ3v) is 14.5. The molecule has 5 heteroatoms. The molecule has 5 aromatic carbocycles. The third kappa shape index (κ3) is 7.15. The normalized spacial score (nSPS) is 14.2. The van der Waals surface area contributed by atoms with Crippen LogP contribution in [-0.4, -0.2) is 38.5 Å². The second kappa shape index (κ2) is 15.4. The summed E-state index contributed by atoms with van der Waals surface area (Å²) in [7, 11) is -2.81. The predicted octanol–water partition coefficient (Wildman–Crippen LogP) is 7.77. The van der Waals surface area contributed by atoms with Gasteiger partial charge in [-0.25, -0.2) is 0 Å². The largest absolute Gasteiger partial charge is 0.407 e. The lowest BCUT2D eigenvalue weighted by atomic mass is 9.80. The summed E-state index contributed by atoms with van der Waals surface area (Å²) in [5, 5.41) is 13.7. The molecule has 5 rings (SSSR count). The zero-order valence-electron chi connectivity index (χ0n) is 28.8. The first-order valence-corrected chi connectivity index (χ1v) is 18.8. The van der Waals surface area contributed by atoms with Crippen LogP contribution in [0.25, 0.3) is 0 Å². The molecule has 0 bridgehead atoms. The second-order valence-electron chi connectivity index (χ2n) is 13.7. The van der Waals surface area contributed by atoms with Crippen molar-refractivity contribution in [2.24, 2.45) is 11.8 Å². The van der Waals surface area contributed by atoms with Crippen molar-refractivity contribution < 1.29 is 19.1 Å². The monoisotopic (exact) mass is 656 g/mol. The van der Waals surface area contributed by atoms with Gasteiger partial charge in [0.05, 0.1) is 12.7 Å². The lowest BCUT2D eigenvalue weighted by Crippen LogP contribution is -2.67. The fraction of sp³-hybridized carbons (Fsp3) is 0.279. The van der Waals surface area contributed by atoms with Crippen molar-refractivity contribution in [2.75, 3.05) is 13.2 Å². The molecule has 0 aliphatic rings. The Morgan fingerprint density at radius 3 is 1.31 bits per heavy atom. The van der Waals surface area contributed by atoms with Crippen LogP contribution in [0.5, 0.6) is 0 Å². The fourth-order valence-electron chi connectivity index (χ4n) is 6.86. The van der Waals surface area contributed by atoms with E-state index in [1.54, 1.807) is 6.92 Å². The molecule has 5 aromatic rings. The molecule has 0 saturated heterocycles. The average Bonchev–Trinajstić information content (AvgIpc) is 3.13. The van der Waals surface area contributed by atoms with Crippen molar-refractivity contribution in [2.45, 2.75) is 51.4 Å². The molecule has 0 aromatic heterocycles. The van der Waals surface area contributed by atoms with Gasteiger partial charge in [-0.05, 0) is 32.1 Å². The molecular weight excluding hydrogens is 609 g/mol. The standard InChI is InChI=1S/C43H48O4Si/c1-33(31-47-48(42(3,4)5,38-27-17-9-18-28-38)39-29-19-10-20-30-39)41(45)34(2)40(44)32-46-43(35-21-11-6-12-22-35,36-23-13-7-14-24-36)37-25-15-8-16-26-37/h6-30,33-34,40,44H,31-32H2,1-5H3/t33-,34-,40-/m0/s1. The number of rotatable bonds is 14. The van der Waals surface area contributed by atoms with Crippen molar-refractivity contribution in [1.82, 2.24) is 0 Å². The number of hydrogen-bond donors (Lipinski definition) is 1. The highest BCUT2D eigenvalue weighted by Gasteiger charge is 2.50. The van der Waals surface area contributed by atoms with Crippen LogP contribution in [-0.2, 0) is 19.6 Å². The van der Waals surface area contributed by atoms with Gasteiger partial charge in [-0.15, -0.1) is 0 Å². The van der Waals surface area contributed by atoms with E-state index in [-0.39, 0.29) is 24.0 Å². The summed E-state index contributed by atoms with van der Waals surface area (Å²) in [4.78, 5) is 14.0. The number of aliphatic hydroxyl groups excluding tert-OH is 1. The Hall–Kier alpha value is -4.13. The molecule has 0 saturated carbocycles. The molecule has 0 spiro atoms. The number of aliphatic hydroxyl groups is 1. The Kier molecular flexibility index (Phi) is 11.3. The van der Waals surface area contributed by atoms with Crippen LogP contribution in [0.1, 0.15) is 51.3 Å². The van der Waals surface area contributed by atoms with E-state index in [1.165, 1.54) is 10.4 Å². The number of Topliss-reactive ketones (excluding diaryl/α,β-unsaturated/α-hetero) is 1. The first kappa shape index (κ1) is 35.2. The van der Waals surface area contributed by atoms with E-state index in [4.69, 9.17) is 9.16 Å². The van der Waals surface area contributed by atoms with Gasteiger partial charge in [0.2, 0.25) is 0 Å². The highest BCUT2D eigenvalue weighted by Crippen LogP contribution is 2.41. The fourth-order valence-corrected chi connectivity index (χ4v) is 11.5. The maximum absolute atomic E-state index is 14.0. The summed E-state index contributed by atoms with van der Waals surface area (Å²) in [6.45, 7) is 10.6. The minimum absolute atomic E-state index is 0.0339. The Morgan fingerprint density at radius 1 is 0.604 bits per heavy atom. The van der Waals surface area contributed by atoms with E-state index in [0.717, 1.165) is 16.7 Å². The maximum Gasteiger partial charge on any atom is 0.261 e. The van der Waals surface area contributed by atoms with Gasteiger partial charge in [0.1, 0.15) is 11.4 Å². The maximum atomic E-state index is 14.0. The van der Waals surface area contributed by atoms with Gasteiger partial charge in [-0.3, -0.25) is 4.79 Å². The van der Waals surface area contributed by atoms with Gasteiger partial charge in [-0.1, -0.05) is 186 Å². The van der Waals surface area contributed by atoms with E-state index in [1.807, 2.05) is 110 Å². The van der Waals surface area contributed by atoms with Crippen LogP contribution in [0.15, 0.2) is 152 Å². The number of ketones is 1. The van der Waals surface area contributed by atoms with Crippen molar-refractivity contribution in [3.63, 3.8) is 0 Å². The number of hydrogen-bond acceptors (Lipinski definition) is 4. The van der Waals surface area contributed by atoms with Crippen LogP contribution in [0.4, 0.5) is 0 Å². The van der Waals surface area contributed by atoms with Crippen LogP contribution in [0, 0.1) is 11.8 Å². The number of carbonyl (C=O) groups is 1. The van der Waals surface area contributed by atoms with Gasteiger partial charge < -0.3 is 14.3 Å². The quantitative estimate of drug-likeness (QED) is 0.0980. The lowest BCUT2D eigenvalue weighted by molar-refractivity contribution is -0.133. The minimum atomic E-state index is -2.81. The molecule has 3 atom stereocenters. The van der Waals surface area contributed by atoms with E-state index in [2.05, 4.69) is 69.3 Å². The molecule has 0 aliphatic heterocycles. The molecular formula is C43H48O4Si. The molecule has 0 radical (unpaired) electrons. The molecule has 248 valence electrons. The van der Waals surface area contributed by atoms with E-state index in [9.17, 15) is 9.90 Å². The van der Waals surface area contributed by atoms with Crippen molar-refractivity contribution in [1.29, 1.82) is 0 Å². The number of carbonyl (C=O) groups excluding carboxylic acids is 1. The molecule has 1 N–H and O–H groups in total. The second-order valence-corrected chi connectivity index (χ2v) is 18.0. The summed E-state index contributed by atoms with van der Waals surface area (Å²) >= 11 is 0. The highest BCUT2D eigenvalue weighted by atomic mass is 28.4. The van der Waals surface area contributed by atoms with Crippen molar-refractivity contribution >= 4 is 24.5 Å². The Bertz CT molecular complexity index is 1570. The summed E-state index contributed by atoms with van der Waals surface area (Å²) in [6, 6.07) is 51.1. The van der Waals surface area contributed by atoms with Gasteiger partial charge in [0.25, 0.3) is 8.32 Å². The minimum Gasteiger partial charge on any atom is -0.407 e. The number of benzene rings is 5. The van der Waals surface area contributed by atoms with Crippen LogP contribution in [0.2, 0.25) is 5.04 Å². The van der Waals surface area contributed by atoms with Crippen molar-refractivity contribution in [3.8, 4) is 0 Å². The topological polar surface area (TPSA) is 55.8 Å². The van der Waals surface area contributed by atoms with Gasteiger partial charge in [0, 0.05) is 18.4 Å². The van der Waals surface area contributed by atoms with Crippen LogP contribution < -0.4 is 10.4 Å². The molecule has 0 heterocycles. The van der Waals surface area contributed by atoms with Gasteiger partial charge in [0.15, 0.2) is 0 Å².